The van der Waals surface area contributed by atoms with Crippen LogP contribution in [0.5, 0.6) is 0 Å². The Balaban J connectivity index is 1.55. The van der Waals surface area contributed by atoms with E-state index in [4.69, 9.17) is 12.2 Å². The van der Waals surface area contributed by atoms with Crippen molar-refractivity contribution in [2.75, 3.05) is 4.90 Å². The number of benzene rings is 3. The van der Waals surface area contributed by atoms with Gasteiger partial charge < -0.3 is 4.90 Å². The van der Waals surface area contributed by atoms with Crippen LogP contribution in [0.1, 0.15) is 16.7 Å². The fourth-order valence-corrected chi connectivity index (χ4v) is 5.59. The summed E-state index contributed by atoms with van der Waals surface area (Å²) in [5.74, 6) is -0.401. The Bertz CT molecular complexity index is 1280. The predicted molar refractivity (Wildman–Crippen MR) is 136 cm³/mol. The van der Waals surface area contributed by atoms with Gasteiger partial charge in [0, 0.05) is 10.0 Å². The maximum atomic E-state index is 13.6. The third kappa shape index (κ3) is 3.81. The zero-order valence-corrected chi connectivity index (χ0v) is 20.0. The number of fused-ring (bicyclic) bond motifs is 1. The van der Waals surface area contributed by atoms with Gasteiger partial charge in [-0.3, -0.25) is 14.5 Å². The molecule has 0 aliphatic carbocycles. The van der Waals surface area contributed by atoms with E-state index in [9.17, 15) is 9.59 Å². The molecule has 0 N–H and O–H groups in total. The van der Waals surface area contributed by atoms with E-state index in [1.165, 1.54) is 11.8 Å². The minimum absolute atomic E-state index is 0.179. The van der Waals surface area contributed by atoms with Gasteiger partial charge in [0.25, 0.3) is 11.8 Å². The van der Waals surface area contributed by atoms with E-state index in [-0.39, 0.29) is 11.8 Å². The van der Waals surface area contributed by atoms with Crippen molar-refractivity contribution in [3.63, 3.8) is 0 Å². The van der Waals surface area contributed by atoms with Gasteiger partial charge >= 0.3 is 0 Å². The third-order valence-electron chi connectivity index (χ3n) is 5.42. The molecular weight excluding hydrogens is 504 g/mol. The molecule has 2 aliphatic rings. The molecule has 32 heavy (non-hydrogen) atoms. The molecule has 5 rings (SSSR count). The quantitative estimate of drug-likeness (QED) is 0.323. The van der Waals surface area contributed by atoms with Crippen molar-refractivity contribution in [3.8, 4) is 0 Å². The van der Waals surface area contributed by atoms with Gasteiger partial charge in [0.05, 0.1) is 29.3 Å². The summed E-state index contributed by atoms with van der Waals surface area (Å²) in [4.78, 5) is 30.7. The van der Waals surface area contributed by atoms with E-state index < -0.39 is 0 Å². The number of nitrogens with zero attached hydrogens (tertiary/aromatic N) is 2. The van der Waals surface area contributed by atoms with E-state index in [0.29, 0.717) is 27.9 Å². The summed E-state index contributed by atoms with van der Waals surface area (Å²) in [6.07, 6.45) is 0. The molecule has 0 radical (unpaired) electrons. The molecule has 0 saturated carbocycles. The first-order valence-electron chi connectivity index (χ1n) is 10.0. The topological polar surface area (TPSA) is 40.6 Å². The number of hydrogen-bond donors (Lipinski definition) is 0. The van der Waals surface area contributed by atoms with Crippen LogP contribution in [0, 0.1) is 0 Å². The standard InChI is InChI=1S/C25H17BrN2O2S2/c26-18-11-12-20-19(13-18)21(23(29)27(20)14-16-7-3-1-4-8-16)22-24(30)28(25(31)32-22)15-17-9-5-2-6-10-17/h1-13H,14-15H2. The zero-order valence-electron chi connectivity index (χ0n) is 16.8. The number of carbonyl (C=O) groups is 2. The lowest BCUT2D eigenvalue weighted by molar-refractivity contribution is -0.122. The summed E-state index contributed by atoms with van der Waals surface area (Å²) < 4.78 is 1.31. The van der Waals surface area contributed by atoms with Gasteiger partial charge in [-0.1, -0.05) is 101 Å². The molecule has 1 saturated heterocycles. The minimum atomic E-state index is -0.223. The second-order valence-electron chi connectivity index (χ2n) is 7.49. The fourth-order valence-electron chi connectivity index (χ4n) is 3.90. The largest absolute Gasteiger partial charge is 0.303 e. The number of thioether (sulfide) groups is 1. The van der Waals surface area contributed by atoms with Crippen LogP contribution in [0.15, 0.2) is 88.2 Å². The second-order valence-corrected chi connectivity index (χ2v) is 10.0. The number of thiocarbonyl (C=S) groups is 1. The van der Waals surface area contributed by atoms with Gasteiger partial charge in [-0.25, -0.2) is 0 Å². The monoisotopic (exact) mass is 520 g/mol. The Morgan fingerprint density at radius 2 is 1.38 bits per heavy atom. The Labute approximate surface area is 204 Å². The summed E-state index contributed by atoms with van der Waals surface area (Å²) in [5.41, 5.74) is 3.98. The average molecular weight is 521 g/mol. The molecule has 4 nitrogen and oxygen atoms in total. The van der Waals surface area contributed by atoms with Crippen LogP contribution in [0.3, 0.4) is 0 Å². The molecule has 0 unspecified atom stereocenters. The Hall–Kier alpha value is -2.74. The van der Waals surface area contributed by atoms with Crippen LogP contribution in [0.4, 0.5) is 5.69 Å². The number of anilines is 1. The zero-order chi connectivity index (χ0) is 22.2. The lowest BCUT2D eigenvalue weighted by Gasteiger charge is -2.17. The van der Waals surface area contributed by atoms with Gasteiger partial charge in [-0.15, -0.1) is 0 Å². The summed E-state index contributed by atoms with van der Waals surface area (Å²) in [6.45, 7) is 0.817. The van der Waals surface area contributed by atoms with Crippen molar-refractivity contribution in [1.29, 1.82) is 0 Å². The van der Waals surface area contributed by atoms with E-state index in [0.717, 1.165) is 26.9 Å². The Morgan fingerprint density at radius 3 is 2.00 bits per heavy atom. The summed E-state index contributed by atoms with van der Waals surface area (Å²) in [5, 5.41) is 0. The highest BCUT2D eigenvalue weighted by atomic mass is 79.9. The van der Waals surface area contributed by atoms with Crippen molar-refractivity contribution >= 4 is 67.3 Å². The highest BCUT2D eigenvalue weighted by molar-refractivity contribution is 9.10. The molecule has 0 aromatic heterocycles. The Morgan fingerprint density at radius 1 is 0.781 bits per heavy atom. The maximum absolute atomic E-state index is 13.6. The molecular formula is C25H17BrN2O2S2. The normalized spacial score (nSPS) is 18.0. The summed E-state index contributed by atoms with van der Waals surface area (Å²) in [6, 6.07) is 25.3. The van der Waals surface area contributed by atoms with E-state index >= 15 is 0 Å². The number of halogens is 1. The average Bonchev–Trinajstić information content (AvgIpc) is 3.22. The molecule has 2 heterocycles. The second kappa shape index (κ2) is 8.65. The maximum Gasteiger partial charge on any atom is 0.267 e. The van der Waals surface area contributed by atoms with Gasteiger partial charge in [0.2, 0.25) is 0 Å². The molecule has 0 bridgehead atoms. The predicted octanol–water partition coefficient (Wildman–Crippen LogP) is 5.77. The van der Waals surface area contributed by atoms with Crippen LogP contribution in [-0.4, -0.2) is 21.0 Å². The molecule has 3 aromatic rings. The minimum Gasteiger partial charge on any atom is -0.303 e. The third-order valence-corrected chi connectivity index (χ3v) is 7.36. The molecule has 0 atom stereocenters. The van der Waals surface area contributed by atoms with E-state index in [1.54, 1.807) is 9.80 Å². The first kappa shape index (κ1) is 21.1. The van der Waals surface area contributed by atoms with Gasteiger partial charge in [0.1, 0.15) is 4.32 Å². The number of hydrogen-bond acceptors (Lipinski definition) is 4. The van der Waals surface area contributed by atoms with Crippen LogP contribution in [0.2, 0.25) is 0 Å². The lowest BCUT2D eigenvalue weighted by Crippen LogP contribution is -2.29. The van der Waals surface area contributed by atoms with E-state index in [1.807, 2.05) is 78.9 Å². The smallest absolute Gasteiger partial charge is 0.267 e. The lowest BCUT2D eigenvalue weighted by atomic mass is 10.1. The first-order chi connectivity index (χ1) is 15.5. The number of amides is 2. The van der Waals surface area contributed by atoms with Crippen LogP contribution in [0.25, 0.3) is 5.57 Å². The Kier molecular flexibility index (Phi) is 5.71. The van der Waals surface area contributed by atoms with Crippen molar-refractivity contribution in [3.05, 3.63) is 105 Å². The molecule has 2 aliphatic heterocycles. The fraction of sp³-hybridized carbons (Fsp3) is 0.0800. The SMILES string of the molecule is O=C1C(=C2C(=O)N(Cc3ccccc3)c3ccc(Br)cc32)SC(=S)N1Cc1ccccc1. The van der Waals surface area contributed by atoms with Gasteiger partial charge in [-0.05, 0) is 29.3 Å². The van der Waals surface area contributed by atoms with E-state index in [2.05, 4.69) is 15.9 Å². The molecule has 7 heteroatoms. The number of rotatable bonds is 4. The van der Waals surface area contributed by atoms with Gasteiger partial charge in [0.15, 0.2) is 0 Å². The molecule has 158 valence electrons. The van der Waals surface area contributed by atoms with Crippen molar-refractivity contribution in [2.45, 2.75) is 13.1 Å². The highest BCUT2D eigenvalue weighted by Gasteiger charge is 2.42. The van der Waals surface area contributed by atoms with Crippen molar-refractivity contribution in [1.82, 2.24) is 4.90 Å². The highest BCUT2D eigenvalue weighted by Crippen LogP contribution is 2.46. The van der Waals surface area contributed by atoms with Crippen LogP contribution < -0.4 is 4.90 Å². The van der Waals surface area contributed by atoms with Crippen molar-refractivity contribution < 1.29 is 9.59 Å². The van der Waals surface area contributed by atoms with Crippen LogP contribution >= 0.6 is 39.9 Å². The molecule has 1 fully saturated rings. The summed E-state index contributed by atoms with van der Waals surface area (Å²) >= 11 is 10.2. The van der Waals surface area contributed by atoms with Crippen LogP contribution in [-0.2, 0) is 22.7 Å². The van der Waals surface area contributed by atoms with Crippen molar-refractivity contribution in [2.24, 2.45) is 0 Å². The number of carbonyl (C=O) groups excluding carboxylic acids is 2. The summed E-state index contributed by atoms with van der Waals surface area (Å²) in [7, 11) is 0. The van der Waals surface area contributed by atoms with Gasteiger partial charge in [-0.2, -0.15) is 0 Å². The molecule has 2 amide bonds. The first-order valence-corrected chi connectivity index (χ1v) is 12.0. The molecule has 0 spiro atoms. The molecule has 3 aromatic carbocycles.